The second kappa shape index (κ2) is 8.98. The number of carbonyl (C=O) groups is 1. The number of para-hydroxylation sites is 1. The molecule has 2 N–H and O–H groups in total. The zero-order valence-corrected chi connectivity index (χ0v) is 14.0. The van der Waals surface area contributed by atoms with Crippen molar-refractivity contribution in [2.24, 2.45) is 0 Å². The molecule has 0 bridgehead atoms. The van der Waals surface area contributed by atoms with Gasteiger partial charge in [-0.25, -0.2) is 9.97 Å². The topological polar surface area (TPSA) is 85.4 Å². The Balaban J connectivity index is 1.47. The Hall–Kier alpha value is -2.67. The highest BCUT2D eigenvalue weighted by Gasteiger charge is 2.18. The van der Waals surface area contributed by atoms with Crippen molar-refractivity contribution in [1.82, 2.24) is 15.3 Å². The fourth-order valence-corrected chi connectivity index (χ4v) is 2.57. The summed E-state index contributed by atoms with van der Waals surface area (Å²) in [6.45, 7) is 2.25. The van der Waals surface area contributed by atoms with Gasteiger partial charge < -0.3 is 20.1 Å². The summed E-state index contributed by atoms with van der Waals surface area (Å²) in [6, 6.07) is 8.99. The first-order valence-electron chi connectivity index (χ1n) is 8.45. The highest BCUT2D eigenvalue weighted by Crippen LogP contribution is 2.20. The first-order chi connectivity index (χ1) is 12.3. The van der Waals surface area contributed by atoms with Crippen LogP contribution in [0.4, 0.5) is 5.95 Å². The minimum Gasteiger partial charge on any atom is -0.490 e. The molecule has 0 saturated carbocycles. The molecule has 0 aliphatic carbocycles. The van der Waals surface area contributed by atoms with Crippen molar-refractivity contribution in [3.63, 3.8) is 0 Å². The zero-order chi connectivity index (χ0) is 17.3. The van der Waals surface area contributed by atoms with Gasteiger partial charge in [-0.2, -0.15) is 0 Å². The van der Waals surface area contributed by atoms with Crippen LogP contribution < -0.4 is 15.4 Å². The Bertz CT molecular complexity index is 675. The van der Waals surface area contributed by atoms with E-state index in [0.717, 1.165) is 19.4 Å². The number of hydrogen-bond donors (Lipinski definition) is 2. The second-order valence-corrected chi connectivity index (χ2v) is 5.70. The SMILES string of the molecule is O=C(NCCNc1ncccn1)c1ccccc1OC[C@@H]1CCCO1. The number of hydrogen-bond acceptors (Lipinski definition) is 6. The highest BCUT2D eigenvalue weighted by atomic mass is 16.5. The van der Waals surface area contributed by atoms with Crippen LogP contribution in [0.25, 0.3) is 0 Å². The first-order valence-corrected chi connectivity index (χ1v) is 8.45. The van der Waals surface area contributed by atoms with Gasteiger partial charge in [0.1, 0.15) is 12.4 Å². The third-order valence-corrected chi connectivity index (χ3v) is 3.84. The summed E-state index contributed by atoms with van der Waals surface area (Å²) in [4.78, 5) is 20.5. The van der Waals surface area contributed by atoms with Crippen molar-refractivity contribution in [3.05, 3.63) is 48.3 Å². The molecule has 3 rings (SSSR count). The summed E-state index contributed by atoms with van der Waals surface area (Å²) >= 11 is 0. The Morgan fingerprint density at radius 3 is 2.84 bits per heavy atom. The predicted molar refractivity (Wildman–Crippen MR) is 93.8 cm³/mol. The third kappa shape index (κ3) is 5.15. The second-order valence-electron chi connectivity index (χ2n) is 5.70. The monoisotopic (exact) mass is 342 g/mol. The fourth-order valence-electron chi connectivity index (χ4n) is 2.57. The standard InChI is InChI=1S/C18H22N4O3/c23-17(19-10-11-22-18-20-8-4-9-21-18)15-6-1-2-7-16(15)25-13-14-5-3-12-24-14/h1-2,4,6-9,14H,3,5,10-13H2,(H,19,23)(H,20,21,22)/t14-/m0/s1. The van der Waals surface area contributed by atoms with Crippen molar-refractivity contribution < 1.29 is 14.3 Å². The lowest BCUT2D eigenvalue weighted by Crippen LogP contribution is -2.29. The van der Waals surface area contributed by atoms with Crippen molar-refractivity contribution in [2.45, 2.75) is 18.9 Å². The van der Waals surface area contributed by atoms with Crippen LogP contribution in [0, 0.1) is 0 Å². The number of aromatic nitrogens is 2. The molecule has 132 valence electrons. The molecule has 2 heterocycles. The Kier molecular flexibility index (Phi) is 6.17. The predicted octanol–water partition coefficient (Wildman–Crippen LogP) is 1.88. The average molecular weight is 342 g/mol. The van der Waals surface area contributed by atoms with Crippen molar-refractivity contribution in [1.29, 1.82) is 0 Å². The quantitative estimate of drug-likeness (QED) is 0.713. The molecule has 7 nitrogen and oxygen atoms in total. The lowest BCUT2D eigenvalue weighted by atomic mass is 10.2. The minimum absolute atomic E-state index is 0.117. The number of benzene rings is 1. The van der Waals surface area contributed by atoms with Gasteiger partial charge in [-0.3, -0.25) is 4.79 Å². The molecule has 1 amide bonds. The summed E-state index contributed by atoms with van der Waals surface area (Å²) in [7, 11) is 0. The Labute approximate surface area is 146 Å². The number of amides is 1. The van der Waals surface area contributed by atoms with Gasteiger partial charge in [0.25, 0.3) is 5.91 Å². The summed E-state index contributed by atoms with van der Waals surface area (Å²) in [5.41, 5.74) is 0.524. The molecule has 1 aliphatic heterocycles. The van der Waals surface area contributed by atoms with Gasteiger partial charge in [-0.15, -0.1) is 0 Å². The molecule has 1 aromatic heterocycles. The van der Waals surface area contributed by atoms with E-state index in [1.807, 2.05) is 12.1 Å². The van der Waals surface area contributed by atoms with Crippen LogP contribution in [0.5, 0.6) is 5.75 Å². The van der Waals surface area contributed by atoms with E-state index >= 15 is 0 Å². The molecule has 0 spiro atoms. The number of rotatable bonds is 8. The van der Waals surface area contributed by atoms with Crippen LogP contribution in [-0.2, 0) is 4.74 Å². The van der Waals surface area contributed by atoms with Crippen LogP contribution in [0.2, 0.25) is 0 Å². The molecule has 1 saturated heterocycles. The summed E-state index contributed by atoms with van der Waals surface area (Å²) in [5, 5.41) is 5.91. The van der Waals surface area contributed by atoms with Crippen LogP contribution >= 0.6 is 0 Å². The summed E-state index contributed by atoms with van der Waals surface area (Å²) < 4.78 is 11.3. The van der Waals surface area contributed by atoms with Crippen molar-refractivity contribution in [2.75, 3.05) is 31.6 Å². The maximum Gasteiger partial charge on any atom is 0.255 e. The third-order valence-electron chi connectivity index (χ3n) is 3.84. The largest absolute Gasteiger partial charge is 0.490 e. The molecule has 2 aromatic rings. The molecule has 0 unspecified atom stereocenters. The van der Waals surface area contributed by atoms with Gasteiger partial charge in [0.05, 0.1) is 11.7 Å². The van der Waals surface area contributed by atoms with Gasteiger partial charge in [-0.05, 0) is 31.0 Å². The normalized spacial score (nSPS) is 16.4. The van der Waals surface area contributed by atoms with E-state index in [9.17, 15) is 4.79 Å². The number of anilines is 1. The van der Waals surface area contributed by atoms with E-state index in [-0.39, 0.29) is 12.0 Å². The maximum absolute atomic E-state index is 12.4. The van der Waals surface area contributed by atoms with Gasteiger partial charge >= 0.3 is 0 Å². The lowest BCUT2D eigenvalue weighted by Gasteiger charge is -2.14. The van der Waals surface area contributed by atoms with Gasteiger partial charge in [0, 0.05) is 32.1 Å². The van der Waals surface area contributed by atoms with Crippen LogP contribution in [0.1, 0.15) is 23.2 Å². The molecule has 25 heavy (non-hydrogen) atoms. The molecule has 1 atom stereocenters. The number of nitrogens with zero attached hydrogens (tertiary/aromatic N) is 2. The van der Waals surface area contributed by atoms with E-state index < -0.39 is 0 Å². The number of ether oxygens (including phenoxy) is 2. The van der Waals surface area contributed by atoms with E-state index in [1.165, 1.54) is 0 Å². The zero-order valence-electron chi connectivity index (χ0n) is 14.0. The van der Waals surface area contributed by atoms with E-state index in [4.69, 9.17) is 9.47 Å². The van der Waals surface area contributed by atoms with Crippen LogP contribution in [0.15, 0.2) is 42.7 Å². The first kappa shape index (κ1) is 17.2. The van der Waals surface area contributed by atoms with Crippen molar-refractivity contribution >= 4 is 11.9 Å². The van der Waals surface area contributed by atoms with Crippen LogP contribution in [-0.4, -0.2) is 48.3 Å². The molecule has 1 aromatic carbocycles. The smallest absolute Gasteiger partial charge is 0.255 e. The Morgan fingerprint density at radius 2 is 2.04 bits per heavy atom. The maximum atomic E-state index is 12.4. The fraction of sp³-hybridized carbons (Fsp3) is 0.389. The molecule has 0 radical (unpaired) electrons. The number of carbonyl (C=O) groups excluding carboxylic acids is 1. The molecule has 1 fully saturated rings. The molecule has 7 heteroatoms. The van der Waals surface area contributed by atoms with E-state index in [2.05, 4.69) is 20.6 Å². The highest BCUT2D eigenvalue weighted by molar-refractivity contribution is 5.96. The number of nitrogens with one attached hydrogen (secondary N) is 2. The van der Waals surface area contributed by atoms with E-state index in [0.29, 0.717) is 37.0 Å². The summed E-state index contributed by atoms with van der Waals surface area (Å²) in [6.07, 6.45) is 5.51. The molecule has 1 aliphatic rings. The van der Waals surface area contributed by atoms with Gasteiger partial charge in [0.15, 0.2) is 0 Å². The van der Waals surface area contributed by atoms with E-state index in [1.54, 1.807) is 30.6 Å². The van der Waals surface area contributed by atoms with Crippen LogP contribution in [0.3, 0.4) is 0 Å². The lowest BCUT2D eigenvalue weighted by molar-refractivity contribution is 0.0670. The minimum atomic E-state index is -0.168. The average Bonchev–Trinajstić information content (AvgIpc) is 3.18. The van der Waals surface area contributed by atoms with Gasteiger partial charge in [0.2, 0.25) is 5.95 Å². The molecular formula is C18H22N4O3. The van der Waals surface area contributed by atoms with Crippen molar-refractivity contribution in [3.8, 4) is 5.75 Å². The molecular weight excluding hydrogens is 320 g/mol. The Morgan fingerprint density at radius 1 is 1.20 bits per heavy atom. The summed E-state index contributed by atoms with van der Waals surface area (Å²) in [5.74, 6) is 0.950. The van der Waals surface area contributed by atoms with Gasteiger partial charge in [-0.1, -0.05) is 12.1 Å².